The van der Waals surface area contributed by atoms with E-state index < -0.39 is 0 Å². The number of nitrogens with two attached hydrogens (primary N) is 1. The topological polar surface area (TPSA) is 56.7 Å². The van der Waals surface area contributed by atoms with Crippen molar-refractivity contribution in [2.75, 3.05) is 0 Å². The van der Waals surface area contributed by atoms with E-state index in [-0.39, 0.29) is 5.54 Å². The molecular formula is C18H22N4. The summed E-state index contributed by atoms with van der Waals surface area (Å²) in [5.41, 5.74) is 11.4. The summed E-state index contributed by atoms with van der Waals surface area (Å²) in [5, 5.41) is 0. The van der Waals surface area contributed by atoms with Gasteiger partial charge in [-0.1, -0.05) is 6.07 Å². The molecule has 4 heteroatoms. The van der Waals surface area contributed by atoms with Gasteiger partial charge in [-0.3, -0.25) is 4.98 Å². The molecule has 1 aromatic carbocycles. The predicted molar refractivity (Wildman–Crippen MR) is 90.7 cm³/mol. The molecule has 0 aliphatic rings. The van der Waals surface area contributed by atoms with Gasteiger partial charge in [0, 0.05) is 18.3 Å². The summed E-state index contributed by atoms with van der Waals surface area (Å²) in [6, 6.07) is 10.2. The van der Waals surface area contributed by atoms with Crippen molar-refractivity contribution in [2.24, 2.45) is 5.73 Å². The van der Waals surface area contributed by atoms with Crippen molar-refractivity contribution < 1.29 is 0 Å². The molecule has 4 nitrogen and oxygen atoms in total. The molecule has 0 aliphatic carbocycles. The normalized spacial score (nSPS) is 12.0. The van der Waals surface area contributed by atoms with Crippen LogP contribution in [0.1, 0.15) is 25.0 Å². The van der Waals surface area contributed by atoms with E-state index in [1.54, 1.807) is 6.20 Å². The zero-order valence-corrected chi connectivity index (χ0v) is 13.6. The maximum absolute atomic E-state index is 6.26. The van der Waals surface area contributed by atoms with Gasteiger partial charge in [-0.2, -0.15) is 0 Å². The fraction of sp³-hybridized carbons (Fsp3) is 0.333. The summed E-state index contributed by atoms with van der Waals surface area (Å²) in [5.74, 6) is 0.874. The lowest BCUT2D eigenvalue weighted by molar-refractivity contribution is 0.442. The van der Waals surface area contributed by atoms with Crippen molar-refractivity contribution in [1.82, 2.24) is 14.5 Å². The smallest absolute Gasteiger partial charge is 0.159 e. The van der Waals surface area contributed by atoms with Gasteiger partial charge in [0.2, 0.25) is 0 Å². The first-order chi connectivity index (χ1) is 10.3. The Morgan fingerprint density at radius 2 is 1.86 bits per heavy atom. The molecule has 114 valence electrons. The van der Waals surface area contributed by atoms with Crippen LogP contribution in [0.3, 0.4) is 0 Å². The Labute approximate surface area is 131 Å². The van der Waals surface area contributed by atoms with Crippen LogP contribution in [0.25, 0.3) is 22.6 Å². The molecule has 0 saturated heterocycles. The number of hydrogen-bond acceptors (Lipinski definition) is 3. The summed E-state index contributed by atoms with van der Waals surface area (Å²) in [6.45, 7) is 8.99. The molecule has 3 rings (SSSR count). The fourth-order valence-electron chi connectivity index (χ4n) is 2.64. The first kappa shape index (κ1) is 14.7. The number of aryl methyl sites for hydroxylation is 2. The number of pyridine rings is 1. The highest BCUT2D eigenvalue weighted by Gasteiger charge is 2.19. The summed E-state index contributed by atoms with van der Waals surface area (Å²) in [4.78, 5) is 9.27. The minimum atomic E-state index is -0.323. The number of rotatable bonds is 3. The van der Waals surface area contributed by atoms with Gasteiger partial charge in [-0.15, -0.1) is 0 Å². The van der Waals surface area contributed by atoms with E-state index in [2.05, 4.69) is 35.5 Å². The highest BCUT2D eigenvalue weighted by Crippen LogP contribution is 2.27. The maximum atomic E-state index is 6.26. The van der Waals surface area contributed by atoms with E-state index in [4.69, 9.17) is 10.7 Å². The Morgan fingerprint density at radius 3 is 2.50 bits per heavy atom. The molecule has 0 atom stereocenters. The van der Waals surface area contributed by atoms with Crippen molar-refractivity contribution in [1.29, 1.82) is 0 Å². The van der Waals surface area contributed by atoms with Crippen molar-refractivity contribution in [2.45, 2.75) is 39.8 Å². The first-order valence-electron chi connectivity index (χ1n) is 7.53. The molecule has 2 N–H and O–H groups in total. The number of benzene rings is 1. The molecule has 0 unspecified atom stereocenters. The third kappa shape index (κ3) is 2.74. The minimum Gasteiger partial charge on any atom is -0.324 e. The van der Waals surface area contributed by atoms with Gasteiger partial charge in [-0.05, 0) is 63.1 Å². The highest BCUT2D eigenvalue weighted by atomic mass is 15.1. The Morgan fingerprint density at radius 1 is 1.14 bits per heavy atom. The van der Waals surface area contributed by atoms with Crippen LogP contribution in [0, 0.1) is 13.8 Å². The number of aromatic nitrogens is 3. The molecule has 0 radical (unpaired) electrons. The van der Waals surface area contributed by atoms with Crippen LogP contribution in [-0.2, 0) is 6.54 Å². The number of imidazole rings is 1. The highest BCUT2D eigenvalue weighted by molar-refractivity contribution is 5.81. The summed E-state index contributed by atoms with van der Waals surface area (Å²) < 4.78 is 2.18. The van der Waals surface area contributed by atoms with E-state index in [9.17, 15) is 0 Å². The second kappa shape index (κ2) is 5.21. The van der Waals surface area contributed by atoms with Gasteiger partial charge in [0.15, 0.2) is 5.82 Å². The molecule has 0 amide bonds. The van der Waals surface area contributed by atoms with Gasteiger partial charge < -0.3 is 10.3 Å². The predicted octanol–water partition coefficient (Wildman–Crippen LogP) is 3.45. The molecule has 2 aromatic heterocycles. The van der Waals surface area contributed by atoms with Crippen molar-refractivity contribution in [3.05, 3.63) is 47.7 Å². The molecule has 0 bridgehead atoms. The van der Waals surface area contributed by atoms with Crippen LogP contribution in [0.15, 0.2) is 36.5 Å². The van der Waals surface area contributed by atoms with E-state index >= 15 is 0 Å². The number of fused-ring (bicyclic) bond motifs is 1. The van der Waals surface area contributed by atoms with E-state index in [0.717, 1.165) is 22.6 Å². The maximum Gasteiger partial charge on any atom is 0.159 e. The van der Waals surface area contributed by atoms with Gasteiger partial charge >= 0.3 is 0 Å². The number of hydrogen-bond donors (Lipinski definition) is 1. The second-order valence-corrected chi connectivity index (χ2v) is 6.65. The van der Waals surface area contributed by atoms with Crippen LogP contribution in [0.5, 0.6) is 0 Å². The quantitative estimate of drug-likeness (QED) is 0.805. The van der Waals surface area contributed by atoms with Crippen LogP contribution in [0.2, 0.25) is 0 Å². The zero-order valence-electron chi connectivity index (χ0n) is 13.6. The lowest BCUT2D eigenvalue weighted by Gasteiger charge is -2.21. The summed E-state index contributed by atoms with van der Waals surface area (Å²) in [6.07, 6.45) is 1.79. The average Bonchev–Trinajstić information content (AvgIpc) is 2.77. The standard InChI is InChI=1S/C18H22N4/c1-12-9-15-16(10-13(12)2)22(11-18(3,4)19)17(21-15)14-7-5-6-8-20-14/h5-10H,11,19H2,1-4H3. The van der Waals surface area contributed by atoms with Crippen LogP contribution in [-0.4, -0.2) is 20.1 Å². The molecule has 0 fully saturated rings. The Bertz CT molecular complexity index is 810. The van der Waals surface area contributed by atoms with Gasteiger partial charge in [-0.25, -0.2) is 4.98 Å². The SMILES string of the molecule is Cc1cc2nc(-c3ccccn3)n(CC(C)(C)N)c2cc1C. The van der Waals surface area contributed by atoms with Gasteiger partial charge in [0.1, 0.15) is 5.69 Å². The minimum absolute atomic E-state index is 0.323. The molecule has 0 saturated carbocycles. The van der Waals surface area contributed by atoms with Crippen molar-refractivity contribution in [3.8, 4) is 11.5 Å². The molecule has 0 spiro atoms. The Kier molecular flexibility index (Phi) is 3.49. The number of nitrogens with zero attached hydrogens (tertiary/aromatic N) is 3. The van der Waals surface area contributed by atoms with Crippen molar-refractivity contribution >= 4 is 11.0 Å². The van der Waals surface area contributed by atoms with Crippen LogP contribution >= 0.6 is 0 Å². The lowest BCUT2D eigenvalue weighted by Crippen LogP contribution is -2.37. The van der Waals surface area contributed by atoms with Gasteiger partial charge in [0.05, 0.1) is 11.0 Å². The summed E-state index contributed by atoms with van der Waals surface area (Å²) in [7, 11) is 0. The van der Waals surface area contributed by atoms with E-state index in [0.29, 0.717) is 6.54 Å². The first-order valence-corrected chi connectivity index (χ1v) is 7.53. The zero-order chi connectivity index (χ0) is 15.9. The van der Waals surface area contributed by atoms with Crippen LogP contribution in [0.4, 0.5) is 0 Å². The third-order valence-corrected chi connectivity index (χ3v) is 3.82. The monoisotopic (exact) mass is 294 g/mol. The average molecular weight is 294 g/mol. The van der Waals surface area contributed by atoms with E-state index in [1.165, 1.54) is 11.1 Å². The Balaban J connectivity index is 2.28. The largest absolute Gasteiger partial charge is 0.324 e. The summed E-state index contributed by atoms with van der Waals surface area (Å²) >= 11 is 0. The van der Waals surface area contributed by atoms with Crippen molar-refractivity contribution in [3.63, 3.8) is 0 Å². The fourth-order valence-corrected chi connectivity index (χ4v) is 2.64. The van der Waals surface area contributed by atoms with E-state index in [1.807, 2.05) is 32.0 Å². The molecule has 2 heterocycles. The molecule has 0 aliphatic heterocycles. The van der Waals surface area contributed by atoms with Crippen LogP contribution < -0.4 is 5.73 Å². The molecular weight excluding hydrogens is 272 g/mol. The van der Waals surface area contributed by atoms with Gasteiger partial charge in [0.25, 0.3) is 0 Å². The molecule has 22 heavy (non-hydrogen) atoms. The second-order valence-electron chi connectivity index (χ2n) is 6.65. The Hall–Kier alpha value is -2.20. The lowest BCUT2D eigenvalue weighted by atomic mass is 10.1. The molecule has 3 aromatic rings. The third-order valence-electron chi connectivity index (χ3n) is 3.82.